The molecule has 5 aliphatic heterocycles. The van der Waals surface area contributed by atoms with Crippen LogP contribution in [0.4, 0.5) is 20.6 Å². The molecule has 1 amide bonds. The number of cyclic esters (lactones) is 2. The molecular formula is C55H90FN7O15. The minimum atomic E-state index is -1.87. The second-order valence-corrected chi connectivity index (χ2v) is 23.5. The number of benzene rings is 1. The van der Waals surface area contributed by atoms with Gasteiger partial charge in [0.15, 0.2) is 12.6 Å². The standard InChI is InChI=1S/C55H90FN7O15/c1-14-43-55(10,70)47(65)35(6)60(12)31(2)26-53(8,69)49(33(4)46(34(5)50(67)76-43)77-44-27-54(9,71-13)48(66)36(7)74-44)78-51-45(64)42(24-32(3)73-51)59(11)19-15-16-37-28-62(58-57-37)29-39-30-63(52(68)75-39)38-17-18-41(40(56)25-38)61-20-22-72-23-21-61/h17-18,25,28,31-36,39,42-49,51,64-66,69-70H,14-16,19-24,26-27,29-30H2,1-13H3/t31-,32-,33+,34-,35-,36+,39+,42+,43-,44+,45-,46+,47-,48+,49-,51+,53-,54-,55-/m1/s1. The summed E-state index contributed by atoms with van der Waals surface area (Å²) in [6, 6.07) is 3.24. The number of likely N-dealkylation sites (N-methyl/N-ethyl adjacent to an activating group) is 2. The van der Waals surface area contributed by atoms with E-state index in [9.17, 15) is 35.1 Å². The van der Waals surface area contributed by atoms with Crippen LogP contribution in [0.15, 0.2) is 24.4 Å². The van der Waals surface area contributed by atoms with Crippen LogP contribution in [0.5, 0.6) is 0 Å². The number of methoxy groups -OCH3 is 1. The first kappa shape index (κ1) is 61.9. The van der Waals surface area contributed by atoms with Gasteiger partial charge in [-0.05, 0) is 126 Å². The summed E-state index contributed by atoms with van der Waals surface area (Å²) in [5.74, 6) is -3.07. The normalized spacial score (nSPS) is 40.0. The highest BCUT2D eigenvalue weighted by atomic mass is 19.1. The molecule has 0 spiro atoms. The average molecular weight is 1110 g/mol. The number of aromatic nitrogens is 3. The van der Waals surface area contributed by atoms with E-state index in [0.29, 0.717) is 63.5 Å². The zero-order chi connectivity index (χ0) is 57.2. The van der Waals surface area contributed by atoms with Gasteiger partial charge >= 0.3 is 12.1 Å². The third-order valence-electron chi connectivity index (χ3n) is 17.5. The molecule has 0 radical (unpaired) electrons. The van der Waals surface area contributed by atoms with E-state index >= 15 is 4.39 Å². The molecule has 19 atom stereocenters. The number of carbonyl (C=O) groups excluding carboxylic acids is 2. The quantitative estimate of drug-likeness (QED) is 0.161. The van der Waals surface area contributed by atoms with E-state index in [-0.39, 0.29) is 38.5 Å². The van der Waals surface area contributed by atoms with Crippen molar-refractivity contribution in [1.29, 1.82) is 0 Å². The number of carbonyl (C=O) groups is 2. The monoisotopic (exact) mass is 1110 g/mol. The van der Waals surface area contributed by atoms with Gasteiger partial charge in [0.25, 0.3) is 0 Å². The number of halogens is 1. The molecule has 5 saturated heterocycles. The molecule has 5 N–H and O–H groups in total. The summed E-state index contributed by atoms with van der Waals surface area (Å²) in [7, 11) is 5.20. The maximum Gasteiger partial charge on any atom is 0.414 e. The Bertz CT molecular complexity index is 2290. The first-order valence-electron chi connectivity index (χ1n) is 28.0. The molecule has 6 heterocycles. The number of morpholine rings is 1. The van der Waals surface area contributed by atoms with Gasteiger partial charge in [-0.1, -0.05) is 19.1 Å². The Morgan fingerprint density at radius 3 is 2.32 bits per heavy atom. The fourth-order valence-corrected chi connectivity index (χ4v) is 12.3. The minimum absolute atomic E-state index is 0.0770. The van der Waals surface area contributed by atoms with Crippen LogP contribution in [0.3, 0.4) is 0 Å². The number of ether oxygens (including phenoxy) is 8. The Labute approximate surface area is 459 Å². The maximum absolute atomic E-state index is 15.2. The average Bonchev–Trinajstić information content (AvgIpc) is 4.05. The molecule has 22 nitrogen and oxygen atoms in total. The number of hydrogen-bond donors (Lipinski definition) is 5. The van der Waals surface area contributed by atoms with E-state index in [2.05, 4.69) is 15.2 Å². The Morgan fingerprint density at radius 1 is 0.949 bits per heavy atom. The topological polar surface area (TPSA) is 253 Å². The van der Waals surface area contributed by atoms with Crippen molar-refractivity contribution >= 4 is 23.4 Å². The van der Waals surface area contributed by atoms with Crippen LogP contribution >= 0.6 is 0 Å². The Morgan fingerprint density at radius 2 is 1.65 bits per heavy atom. The predicted octanol–water partition coefficient (Wildman–Crippen LogP) is 3.25. The summed E-state index contributed by atoms with van der Waals surface area (Å²) in [5.41, 5.74) is -3.06. The van der Waals surface area contributed by atoms with Gasteiger partial charge in [-0.2, -0.15) is 0 Å². The lowest BCUT2D eigenvalue weighted by Crippen LogP contribution is -2.63. The lowest BCUT2D eigenvalue weighted by molar-refractivity contribution is -0.318. The summed E-state index contributed by atoms with van der Waals surface area (Å²) in [6.45, 7) is 20.5. The maximum atomic E-state index is 15.2. The van der Waals surface area contributed by atoms with Crippen LogP contribution in [0.2, 0.25) is 0 Å². The number of hydrogen-bond acceptors (Lipinski definition) is 20. The van der Waals surface area contributed by atoms with Crippen molar-refractivity contribution in [2.45, 2.75) is 217 Å². The summed E-state index contributed by atoms with van der Waals surface area (Å²) in [4.78, 5) is 34.7. The lowest BCUT2D eigenvalue weighted by atomic mass is 9.78. The number of amides is 1. The van der Waals surface area contributed by atoms with E-state index in [0.717, 1.165) is 5.69 Å². The molecule has 5 aliphatic rings. The molecule has 5 fully saturated rings. The molecule has 0 aliphatic carbocycles. The van der Waals surface area contributed by atoms with E-state index in [4.69, 9.17) is 37.9 Å². The van der Waals surface area contributed by atoms with E-state index < -0.39 is 126 Å². The fraction of sp³-hybridized carbons (Fsp3) is 0.818. The molecule has 7 rings (SSSR count). The van der Waals surface area contributed by atoms with Gasteiger partial charge in [-0.15, -0.1) is 5.10 Å². The third kappa shape index (κ3) is 13.8. The SMILES string of the molecule is CC[C@H]1OC(=O)[C@H](C)[C@@H](O[C@H]2C[C@@](C)(OC)[C@@H](O)[C@H](C)O2)[C@H](C)[C@@H](O[C@@H]2O[C@H](C)C[C@H](N(C)CCCc3cn(C[C@H]4CN(c5ccc(N6CCOCC6)c(F)c5)C(=O)O4)nn3)[C@H]2O)[C@](C)(O)C[C@@H](C)N(C)[C@H](C)[C@@H](O)[C@]1(C)O. The molecular weight excluding hydrogens is 1020 g/mol. The molecule has 0 bridgehead atoms. The van der Waals surface area contributed by atoms with E-state index in [1.54, 1.807) is 72.3 Å². The Kier molecular flexibility index (Phi) is 20.3. The van der Waals surface area contributed by atoms with Crippen molar-refractivity contribution in [1.82, 2.24) is 24.8 Å². The highest BCUT2D eigenvalue weighted by Gasteiger charge is 2.53. The second kappa shape index (κ2) is 25.6. The van der Waals surface area contributed by atoms with Crippen molar-refractivity contribution < 1.29 is 77.4 Å². The van der Waals surface area contributed by atoms with Crippen LogP contribution in [0.1, 0.15) is 107 Å². The van der Waals surface area contributed by atoms with Gasteiger partial charge in [0.2, 0.25) is 0 Å². The van der Waals surface area contributed by atoms with Crippen LogP contribution in [0, 0.1) is 17.7 Å². The van der Waals surface area contributed by atoms with E-state index in [1.807, 2.05) is 36.9 Å². The van der Waals surface area contributed by atoms with Gasteiger partial charge in [0, 0.05) is 56.9 Å². The molecule has 0 unspecified atom stereocenters. The third-order valence-corrected chi connectivity index (χ3v) is 17.5. The van der Waals surface area contributed by atoms with Gasteiger partial charge in [0.05, 0.1) is 84.9 Å². The van der Waals surface area contributed by atoms with Crippen LogP contribution < -0.4 is 9.80 Å². The molecule has 442 valence electrons. The number of aryl methyl sites for hydroxylation is 1. The van der Waals surface area contributed by atoms with Crippen molar-refractivity contribution in [3.05, 3.63) is 35.9 Å². The molecule has 1 aromatic carbocycles. The zero-order valence-corrected chi connectivity index (χ0v) is 48.1. The fourth-order valence-electron chi connectivity index (χ4n) is 12.3. The predicted molar refractivity (Wildman–Crippen MR) is 284 cm³/mol. The highest BCUT2D eigenvalue weighted by Crippen LogP contribution is 2.41. The van der Waals surface area contributed by atoms with Gasteiger partial charge in [-0.25, -0.2) is 13.9 Å². The summed E-state index contributed by atoms with van der Waals surface area (Å²) in [6.07, 6.45) is -7.60. The van der Waals surface area contributed by atoms with Gasteiger partial charge in [-0.3, -0.25) is 14.6 Å². The number of anilines is 2. The highest BCUT2D eigenvalue weighted by molar-refractivity contribution is 5.90. The first-order chi connectivity index (χ1) is 36.7. The van der Waals surface area contributed by atoms with Crippen LogP contribution in [-0.2, 0) is 55.7 Å². The first-order valence-corrected chi connectivity index (χ1v) is 28.0. The smallest absolute Gasteiger partial charge is 0.414 e. The molecule has 23 heteroatoms. The minimum Gasteiger partial charge on any atom is -0.459 e. The second-order valence-electron chi connectivity index (χ2n) is 23.5. The van der Waals surface area contributed by atoms with Crippen molar-refractivity contribution in [2.24, 2.45) is 11.8 Å². The van der Waals surface area contributed by atoms with Crippen LogP contribution in [-0.4, -0.2) is 225 Å². The Hall–Kier alpha value is -3.69. The van der Waals surface area contributed by atoms with Gasteiger partial charge < -0.3 is 73.2 Å². The number of esters is 1. The van der Waals surface area contributed by atoms with Crippen LogP contribution in [0.25, 0.3) is 0 Å². The van der Waals surface area contributed by atoms with Crippen molar-refractivity contribution in [2.75, 3.05) is 70.4 Å². The summed E-state index contributed by atoms with van der Waals surface area (Å²) < 4.78 is 66.2. The van der Waals surface area contributed by atoms with Crippen molar-refractivity contribution in [3.8, 4) is 0 Å². The molecule has 1 aromatic heterocycles. The largest absolute Gasteiger partial charge is 0.459 e. The summed E-state index contributed by atoms with van der Waals surface area (Å²) >= 11 is 0. The number of aliphatic hydroxyl groups is 5. The Balaban J connectivity index is 1.04. The number of rotatable bonds is 15. The zero-order valence-electron chi connectivity index (χ0n) is 48.1. The number of aliphatic hydroxyl groups excluding tert-OH is 3. The number of nitrogens with zero attached hydrogens (tertiary/aromatic N) is 7. The summed E-state index contributed by atoms with van der Waals surface area (Å²) in [5, 5.41) is 68.5. The molecule has 78 heavy (non-hydrogen) atoms. The lowest BCUT2D eigenvalue weighted by Gasteiger charge is -2.50. The van der Waals surface area contributed by atoms with E-state index in [1.165, 1.54) is 25.0 Å². The molecule has 2 aromatic rings. The molecule has 0 saturated carbocycles. The van der Waals surface area contributed by atoms with Gasteiger partial charge in [0.1, 0.15) is 41.9 Å². The van der Waals surface area contributed by atoms with Crippen molar-refractivity contribution in [3.63, 3.8) is 0 Å².